The van der Waals surface area contributed by atoms with Crippen LogP contribution in [0.2, 0.25) is 0 Å². The molecule has 1 unspecified atom stereocenters. The highest BCUT2D eigenvalue weighted by atomic mass is 16.6. The molecule has 1 aromatic rings. The first-order chi connectivity index (χ1) is 10.1. The van der Waals surface area contributed by atoms with Crippen molar-refractivity contribution in [3.8, 4) is 0 Å². The predicted molar refractivity (Wildman–Crippen MR) is 71.9 cm³/mol. The number of rotatable bonds is 2. The highest BCUT2D eigenvalue weighted by Crippen LogP contribution is 2.28. The second kappa shape index (κ2) is 5.13. The van der Waals surface area contributed by atoms with Gasteiger partial charge in [-0.25, -0.2) is 9.69 Å². The Kier molecular flexibility index (Phi) is 3.30. The molecule has 2 saturated heterocycles. The predicted octanol–water partition coefficient (Wildman–Crippen LogP) is 1.15. The van der Waals surface area contributed by atoms with Gasteiger partial charge in [-0.05, 0) is 6.07 Å². The van der Waals surface area contributed by atoms with Crippen LogP contribution in [0.1, 0.15) is 6.42 Å². The summed E-state index contributed by atoms with van der Waals surface area (Å²) in [6, 6.07) is 4.84. The molecule has 0 saturated carbocycles. The number of imide groups is 1. The zero-order chi connectivity index (χ0) is 15.0. The fourth-order valence-electron chi connectivity index (χ4n) is 2.60. The van der Waals surface area contributed by atoms with Gasteiger partial charge in [-0.3, -0.25) is 14.9 Å². The molecule has 0 radical (unpaired) electrons. The van der Waals surface area contributed by atoms with Gasteiger partial charge >= 0.3 is 6.03 Å². The number of nitrogens with zero attached hydrogens (tertiary/aromatic N) is 3. The van der Waals surface area contributed by atoms with Gasteiger partial charge in [0, 0.05) is 18.7 Å². The van der Waals surface area contributed by atoms with E-state index in [-0.39, 0.29) is 29.7 Å². The van der Waals surface area contributed by atoms with Crippen molar-refractivity contribution >= 4 is 23.3 Å². The number of amides is 3. The first kappa shape index (κ1) is 13.5. The lowest BCUT2D eigenvalue weighted by Crippen LogP contribution is -2.61. The van der Waals surface area contributed by atoms with E-state index in [4.69, 9.17) is 4.74 Å². The maximum absolute atomic E-state index is 12.5. The minimum atomic E-state index is -0.556. The number of ether oxygens (including phenoxy) is 1. The van der Waals surface area contributed by atoms with Crippen molar-refractivity contribution in [1.29, 1.82) is 0 Å². The average molecular weight is 291 g/mol. The van der Waals surface area contributed by atoms with E-state index in [9.17, 15) is 19.7 Å². The van der Waals surface area contributed by atoms with Crippen molar-refractivity contribution in [1.82, 2.24) is 4.90 Å². The molecule has 2 fully saturated rings. The first-order valence-electron chi connectivity index (χ1n) is 6.53. The van der Waals surface area contributed by atoms with Crippen molar-refractivity contribution in [2.24, 2.45) is 0 Å². The van der Waals surface area contributed by atoms with Crippen molar-refractivity contribution < 1.29 is 19.2 Å². The van der Waals surface area contributed by atoms with E-state index < -0.39 is 11.0 Å². The first-order valence-corrected chi connectivity index (χ1v) is 6.53. The Morgan fingerprint density at radius 2 is 2.14 bits per heavy atom. The van der Waals surface area contributed by atoms with E-state index in [0.29, 0.717) is 19.8 Å². The zero-order valence-corrected chi connectivity index (χ0v) is 11.1. The number of benzene rings is 1. The van der Waals surface area contributed by atoms with Gasteiger partial charge in [-0.15, -0.1) is 0 Å². The lowest BCUT2D eigenvalue weighted by atomic mass is 10.1. The summed E-state index contributed by atoms with van der Waals surface area (Å²) in [5.74, 6) is -0.368. The van der Waals surface area contributed by atoms with Gasteiger partial charge in [0.25, 0.3) is 5.69 Å². The van der Waals surface area contributed by atoms with E-state index >= 15 is 0 Å². The maximum Gasteiger partial charge on any atom is 0.331 e. The number of nitro benzene ring substituents is 1. The molecule has 1 aromatic carbocycles. The van der Waals surface area contributed by atoms with Gasteiger partial charge in [-0.1, -0.05) is 6.07 Å². The smallest absolute Gasteiger partial charge is 0.331 e. The number of non-ortho nitro benzene ring substituents is 1. The number of nitro groups is 1. The Bertz CT molecular complexity index is 618. The quantitative estimate of drug-likeness (QED) is 0.602. The molecular weight excluding hydrogens is 278 g/mol. The number of hydrogen-bond acceptors (Lipinski definition) is 5. The molecule has 2 aliphatic heterocycles. The summed E-state index contributed by atoms with van der Waals surface area (Å²) in [5.41, 5.74) is 0.0707. The fraction of sp³-hybridized carbons (Fsp3) is 0.385. The Morgan fingerprint density at radius 3 is 2.90 bits per heavy atom. The Balaban J connectivity index is 1.93. The maximum atomic E-state index is 12.5. The summed E-state index contributed by atoms with van der Waals surface area (Å²) in [6.45, 7) is 1.20. The molecule has 0 aliphatic carbocycles. The third-order valence-corrected chi connectivity index (χ3v) is 3.62. The van der Waals surface area contributed by atoms with Crippen LogP contribution in [0.3, 0.4) is 0 Å². The van der Waals surface area contributed by atoms with Crippen LogP contribution < -0.4 is 4.90 Å². The van der Waals surface area contributed by atoms with E-state index in [1.807, 2.05) is 0 Å². The van der Waals surface area contributed by atoms with E-state index in [0.717, 1.165) is 4.90 Å². The summed E-state index contributed by atoms with van der Waals surface area (Å²) >= 11 is 0. The molecule has 8 heteroatoms. The number of hydrogen-bond donors (Lipinski definition) is 0. The van der Waals surface area contributed by atoms with Crippen LogP contribution in [0.5, 0.6) is 0 Å². The van der Waals surface area contributed by atoms with Crippen LogP contribution in [-0.4, -0.2) is 47.6 Å². The zero-order valence-electron chi connectivity index (χ0n) is 11.1. The van der Waals surface area contributed by atoms with Crippen LogP contribution in [0, 0.1) is 10.1 Å². The molecule has 0 bridgehead atoms. The van der Waals surface area contributed by atoms with Crippen LogP contribution in [0.15, 0.2) is 24.3 Å². The molecule has 21 heavy (non-hydrogen) atoms. The van der Waals surface area contributed by atoms with Gasteiger partial charge in [0.15, 0.2) is 0 Å². The second-order valence-electron chi connectivity index (χ2n) is 4.91. The fourth-order valence-corrected chi connectivity index (χ4v) is 2.60. The third-order valence-electron chi connectivity index (χ3n) is 3.62. The summed E-state index contributed by atoms with van der Waals surface area (Å²) < 4.78 is 5.27. The molecule has 110 valence electrons. The number of morpholine rings is 1. The molecular formula is C13H13N3O5. The largest absolute Gasteiger partial charge is 0.377 e. The van der Waals surface area contributed by atoms with Crippen molar-refractivity contribution in [2.45, 2.75) is 12.5 Å². The molecule has 0 aromatic heterocycles. The van der Waals surface area contributed by atoms with Gasteiger partial charge in [-0.2, -0.15) is 0 Å². The van der Waals surface area contributed by atoms with E-state index in [1.54, 1.807) is 4.90 Å². The van der Waals surface area contributed by atoms with Crippen molar-refractivity contribution in [2.75, 3.05) is 24.7 Å². The lowest BCUT2D eigenvalue weighted by Gasteiger charge is -2.42. The van der Waals surface area contributed by atoms with Crippen molar-refractivity contribution in [3.63, 3.8) is 0 Å². The number of fused-ring (bicyclic) bond motifs is 1. The monoisotopic (exact) mass is 291 g/mol. The molecule has 0 spiro atoms. The Morgan fingerprint density at radius 1 is 1.33 bits per heavy atom. The van der Waals surface area contributed by atoms with Crippen LogP contribution in [0.4, 0.5) is 16.2 Å². The summed E-state index contributed by atoms with van der Waals surface area (Å²) in [7, 11) is 0. The van der Waals surface area contributed by atoms with Gasteiger partial charge in [0.1, 0.15) is 0 Å². The standard InChI is InChI=1S/C13H13N3O5/c17-12-7-11-8-21-5-4-14(11)13(18)15(12)9-2-1-3-10(6-9)16(19)20/h1-3,6,11H,4-5,7-8H2. The van der Waals surface area contributed by atoms with Crippen LogP contribution in [-0.2, 0) is 9.53 Å². The van der Waals surface area contributed by atoms with Gasteiger partial charge < -0.3 is 9.64 Å². The van der Waals surface area contributed by atoms with Crippen molar-refractivity contribution in [3.05, 3.63) is 34.4 Å². The third kappa shape index (κ3) is 2.33. The van der Waals surface area contributed by atoms with Crippen LogP contribution in [0.25, 0.3) is 0 Å². The van der Waals surface area contributed by atoms with Gasteiger partial charge in [0.2, 0.25) is 5.91 Å². The molecule has 3 rings (SSSR count). The molecule has 2 aliphatic rings. The number of carbonyl (C=O) groups excluding carboxylic acids is 2. The van der Waals surface area contributed by atoms with Crippen LogP contribution >= 0.6 is 0 Å². The topological polar surface area (TPSA) is 93.0 Å². The Hall–Kier alpha value is -2.48. The second-order valence-corrected chi connectivity index (χ2v) is 4.91. The highest BCUT2D eigenvalue weighted by Gasteiger charge is 2.41. The Labute approximate surface area is 120 Å². The van der Waals surface area contributed by atoms with Gasteiger partial charge in [0.05, 0.1) is 36.3 Å². The van der Waals surface area contributed by atoms with E-state index in [1.165, 1.54) is 24.3 Å². The van der Waals surface area contributed by atoms with E-state index in [2.05, 4.69) is 0 Å². The minimum absolute atomic E-state index is 0.155. The minimum Gasteiger partial charge on any atom is -0.377 e. The molecule has 3 amide bonds. The molecule has 1 atom stereocenters. The summed E-state index contributed by atoms with van der Waals surface area (Å²) in [6.07, 6.45) is 0.161. The SMILES string of the molecule is O=C1CC2COCCN2C(=O)N1c1cccc([N+](=O)[O-])c1. The number of carbonyl (C=O) groups is 2. The highest BCUT2D eigenvalue weighted by molar-refractivity contribution is 6.16. The normalized spacial score (nSPS) is 22.2. The number of anilines is 1. The lowest BCUT2D eigenvalue weighted by molar-refractivity contribution is -0.384. The summed E-state index contributed by atoms with van der Waals surface area (Å²) in [5, 5.41) is 10.8. The molecule has 0 N–H and O–H groups in total. The molecule has 2 heterocycles. The number of urea groups is 1. The summed E-state index contributed by atoms with van der Waals surface area (Å²) in [4.78, 5) is 37.5. The molecule has 8 nitrogen and oxygen atoms in total. The average Bonchev–Trinajstić information content (AvgIpc) is 2.47.